The van der Waals surface area contributed by atoms with E-state index >= 15 is 0 Å². The lowest BCUT2D eigenvalue weighted by molar-refractivity contribution is 0.0576. The van der Waals surface area contributed by atoms with E-state index in [0.717, 1.165) is 30.4 Å². The van der Waals surface area contributed by atoms with Gasteiger partial charge in [0.15, 0.2) is 0 Å². The van der Waals surface area contributed by atoms with Gasteiger partial charge >= 0.3 is 6.09 Å². The number of benzene rings is 1. The van der Waals surface area contributed by atoms with E-state index in [-0.39, 0.29) is 17.0 Å². The number of pyridine rings is 1. The standard InChI is InChI=1S/C24H31N3O4S/c1-17-9-13-19(14-10-17)32(29,30)26-16-6-8-21(26)20-7-5-15-25-22(20)27(18-11-12-18)23(28)31-24(2,3)4/h5,7,9-10,13-15,18,21H,6,8,11-12,16H2,1-4H3/t21-/m0/s1. The fourth-order valence-electron chi connectivity index (χ4n) is 4.11. The Morgan fingerprint density at radius 3 is 2.44 bits per heavy atom. The molecular weight excluding hydrogens is 426 g/mol. The number of ether oxygens (including phenoxy) is 1. The highest BCUT2D eigenvalue weighted by atomic mass is 32.2. The minimum absolute atomic E-state index is 0.0297. The minimum atomic E-state index is -3.68. The van der Waals surface area contributed by atoms with Gasteiger partial charge < -0.3 is 4.74 Å². The molecule has 1 aromatic heterocycles. The zero-order chi connectivity index (χ0) is 23.1. The monoisotopic (exact) mass is 457 g/mol. The van der Waals surface area contributed by atoms with Crippen molar-refractivity contribution in [2.24, 2.45) is 0 Å². The summed E-state index contributed by atoms with van der Waals surface area (Å²) in [4.78, 5) is 19.5. The summed E-state index contributed by atoms with van der Waals surface area (Å²) in [5.41, 5.74) is 1.13. The molecule has 2 aromatic rings. The van der Waals surface area contributed by atoms with Gasteiger partial charge in [0, 0.05) is 24.3 Å². The first-order valence-corrected chi connectivity index (χ1v) is 12.6. The van der Waals surface area contributed by atoms with Crippen LogP contribution in [0.25, 0.3) is 0 Å². The van der Waals surface area contributed by atoms with Crippen LogP contribution in [0.1, 0.15) is 63.6 Å². The van der Waals surface area contributed by atoms with Crippen LogP contribution in [0.5, 0.6) is 0 Å². The zero-order valence-corrected chi connectivity index (χ0v) is 19.9. The molecule has 1 aliphatic carbocycles. The van der Waals surface area contributed by atoms with Crippen LogP contribution in [0.2, 0.25) is 0 Å². The molecule has 0 N–H and O–H groups in total. The van der Waals surface area contributed by atoms with E-state index in [0.29, 0.717) is 18.8 Å². The van der Waals surface area contributed by atoms with E-state index in [4.69, 9.17) is 4.74 Å². The highest BCUT2D eigenvalue weighted by molar-refractivity contribution is 7.89. The number of hydrogen-bond acceptors (Lipinski definition) is 5. The van der Waals surface area contributed by atoms with Gasteiger partial charge in [-0.05, 0) is 71.6 Å². The van der Waals surface area contributed by atoms with Gasteiger partial charge in [0.2, 0.25) is 10.0 Å². The van der Waals surface area contributed by atoms with Crippen molar-refractivity contribution < 1.29 is 17.9 Å². The van der Waals surface area contributed by atoms with Gasteiger partial charge in [0.25, 0.3) is 0 Å². The molecule has 8 heteroatoms. The number of aromatic nitrogens is 1. The quantitative estimate of drug-likeness (QED) is 0.643. The first-order valence-electron chi connectivity index (χ1n) is 11.1. The second kappa shape index (κ2) is 8.48. The molecule has 32 heavy (non-hydrogen) atoms. The highest BCUT2D eigenvalue weighted by Gasteiger charge is 2.42. The molecule has 2 heterocycles. The van der Waals surface area contributed by atoms with Crippen LogP contribution in [-0.4, -0.2) is 42.0 Å². The summed E-state index contributed by atoms with van der Waals surface area (Å²) in [5, 5.41) is 0. The van der Waals surface area contributed by atoms with E-state index in [1.165, 1.54) is 0 Å². The normalized spacial score (nSPS) is 19.7. The number of carbonyl (C=O) groups is 1. The van der Waals surface area contributed by atoms with Crippen molar-refractivity contribution in [3.8, 4) is 0 Å². The number of nitrogens with zero attached hydrogens (tertiary/aromatic N) is 3. The Labute approximate surface area is 190 Å². The average molecular weight is 458 g/mol. The third kappa shape index (κ3) is 4.66. The molecule has 1 saturated heterocycles. The Bertz CT molecular complexity index is 1090. The molecule has 4 rings (SSSR count). The molecule has 2 fully saturated rings. The highest BCUT2D eigenvalue weighted by Crippen LogP contribution is 2.42. The molecule has 0 bridgehead atoms. The van der Waals surface area contributed by atoms with E-state index in [9.17, 15) is 13.2 Å². The van der Waals surface area contributed by atoms with E-state index in [1.807, 2.05) is 45.9 Å². The number of aryl methyl sites for hydroxylation is 1. The summed E-state index contributed by atoms with van der Waals surface area (Å²) < 4.78 is 34.2. The van der Waals surface area contributed by atoms with Crippen LogP contribution in [0, 0.1) is 6.92 Å². The Morgan fingerprint density at radius 2 is 1.81 bits per heavy atom. The van der Waals surface area contributed by atoms with Crippen molar-refractivity contribution in [2.45, 2.75) is 76.0 Å². The zero-order valence-electron chi connectivity index (χ0n) is 19.1. The predicted octanol–water partition coefficient (Wildman–Crippen LogP) is 4.82. The van der Waals surface area contributed by atoms with E-state index in [1.54, 1.807) is 33.6 Å². The minimum Gasteiger partial charge on any atom is -0.443 e. The maximum atomic E-state index is 13.5. The molecule has 172 valence electrons. The summed E-state index contributed by atoms with van der Waals surface area (Å²) in [5.74, 6) is 0.500. The molecule has 1 aliphatic heterocycles. The number of hydrogen-bond donors (Lipinski definition) is 0. The molecule has 1 amide bonds. The van der Waals surface area contributed by atoms with Gasteiger partial charge in [-0.25, -0.2) is 18.2 Å². The van der Waals surface area contributed by atoms with Gasteiger partial charge in [0.05, 0.1) is 10.9 Å². The molecule has 0 radical (unpaired) electrons. The van der Waals surface area contributed by atoms with Crippen LogP contribution in [0.4, 0.5) is 10.6 Å². The van der Waals surface area contributed by atoms with Crippen molar-refractivity contribution in [3.63, 3.8) is 0 Å². The first-order chi connectivity index (χ1) is 15.1. The lowest BCUT2D eigenvalue weighted by Gasteiger charge is -2.31. The second-order valence-electron chi connectivity index (χ2n) is 9.58. The maximum Gasteiger partial charge on any atom is 0.416 e. The van der Waals surface area contributed by atoms with Gasteiger partial charge in [-0.3, -0.25) is 4.90 Å². The number of rotatable bonds is 5. The van der Waals surface area contributed by atoms with E-state index in [2.05, 4.69) is 4.98 Å². The fourth-order valence-corrected chi connectivity index (χ4v) is 5.78. The largest absolute Gasteiger partial charge is 0.443 e. The Balaban J connectivity index is 1.71. The molecular formula is C24H31N3O4S. The number of sulfonamides is 1. The van der Waals surface area contributed by atoms with Crippen LogP contribution in [-0.2, 0) is 14.8 Å². The molecule has 7 nitrogen and oxygen atoms in total. The number of anilines is 1. The maximum absolute atomic E-state index is 13.5. The summed E-state index contributed by atoms with van der Waals surface area (Å²) >= 11 is 0. The van der Waals surface area contributed by atoms with Crippen molar-refractivity contribution in [1.82, 2.24) is 9.29 Å². The summed E-state index contributed by atoms with van der Waals surface area (Å²) in [6.45, 7) is 7.87. The van der Waals surface area contributed by atoms with Crippen LogP contribution >= 0.6 is 0 Å². The predicted molar refractivity (Wildman–Crippen MR) is 123 cm³/mol. The molecule has 0 unspecified atom stereocenters. The van der Waals surface area contributed by atoms with E-state index < -0.39 is 21.7 Å². The summed E-state index contributed by atoms with van der Waals surface area (Å²) in [6, 6.07) is 10.3. The Morgan fingerprint density at radius 1 is 1.12 bits per heavy atom. The third-order valence-electron chi connectivity index (χ3n) is 5.74. The summed E-state index contributed by atoms with van der Waals surface area (Å²) in [7, 11) is -3.68. The van der Waals surface area contributed by atoms with Gasteiger partial charge in [-0.15, -0.1) is 0 Å². The average Bonchev–Trinajstić information content (AvgIpc) is 3.41. The lowest BCUT2D eigenvalue weighted by Crippen LogP contribution is -2.40. The first kappa shape index (κ1) is 22.7. The SMILES string of the molecule is Cc1ccc(S(=O)(=O)N2CCC[C@H]2c2cccnc2N(C(=O)OC(C)(C)C)C2CC2)cc1. The smallest absolute Gasteiger partial charge is 0.416 e. The summed E-state index contributed by atoms with van der Waals surface area (Å²) in [6.07, 6.45) is 4.39. The topological polar surface area (TPSA) is 79.8 Å². The Kier molecular flexibility index (Phi) is 6.02. The van der Waals surface area contributed by atoms with Crippen LogP contribution in [0.3, 0.4) is 0 Å². The Hall–Kier alpha value is -2.45. The van der Waals surface area contributed by atoms with Crippen molar-refractivity contribution >= 4 is 21.9 Å². The van der Waals surface area contributed by atoms with Crippen LogP contribution < -0.4 is 4.90 Å². The lowest BCUT2D eigenvalue weighted by atomic mass is 10.1. The van der Waals surface area contributed by atoms with Crippen LogP contribution in [0.15, 0.2) is 47.5 Å². The molecule has 0 spiro atoms. The van der Waals surface area contributed by atoms with Gasteiger partial charge in [0.1, 0.15) is 11.4 Å². The third-order valence-corrected chi connectivity index (χ3v) is 7.66. The van der Waals surface area contributed by atoms with Crippen molar-refractivity contribution in [1.29, 1.82) is 0 Å². The number of amides is 1. The number of carbonyl (C=O) groups excluding carboxylic acids is 1. The van der Waals surface area contributed by atoms with Gasteiger partial charge in [-0.2, -0.15) is 4.31 Å². The fraction of sp³-hybridized carbons (Fsp3) is 0.500. The van der Waals surface area contributed by atoms with Crippen molar-refractivity contribution in [3.05, 3.63) is 53.7 Å². The molecule has 1 saturated carbocycles. The van der Waals surface area contributed by atoms with Crippen molar-refractivity contribution in [2.75, 3.05) is 11.4 Å². The molecule has 2 aliphatic rings. The van der Waals surface area contributed by atoms with Gasteiger partial charge in [-0.1, -0.05) is 23.8 Å². The molecule has 1 aromatic carbocycles. The molecule has 1 atom stereocenters. The second-order valence-corrected chi connectivity index (χ2v) is 11.5.